The number of hydrogen-bond donors (Lipinski definition) is 0. The number of carbonyl (C=O) groups excluding carboxylic acids is 1. The molecule has 0 atom stereocenters. The summed E-state index contributed by atoms with van der Waals surface area (Å²) < 4.78 is 38.4. The Kier molecular flexibility index (Phi) is 6.73. The molecule has 1 heterocycles. The number of alkyl halides is 3. The van der Waals surface area contributed by atoms with Crippen LogP contribution in [-0.4, -0.2) is 41.9 Å². The summed E-state index contributed by atoms with van der Waals surface area (Å²) in [6.07, 6.45) is -0.766. The standard InChI is InChI=1S/C22H25F3N2O/c23-22(24,25)20-11-9-18(10-12-20)17-27(16-15-26-13-5-2-6-14-26)21(28)19-7-3-1-4-8-19/h1,3-4,7-12H,2,5-6,13-17H2. The van der Waals surface area contributed by atoms with Crippen molar-refractivity contribution in [3.8, 4) is 0 Å². The van der Waals surface area contributed by atoms with Crippen LogP contribution in [0, 0.1) is 0 Å². The summed E-state index contributed by atoms with van der Waals surface area (Å²) in [5.41, 5.74) is 0.606. The highest BCUT2D eigenvalue weighted by Crippen LogP contribution is 2.29. The number of nitrogens with zero attached hydrogens (tertiary/aromatic N) is 2. The molecule has 0 N–H and O–H groups in total. The summed E-state index contributed by atoms with van der Waals surface area (Å²) in [4.78, 5) is 17.1. The number of benzene rings is 2. The second-order valence-electron chi connectivity index (χ2n) is 7.19. The first-order valence-corrected chi connectivity index (χ1v) is 9.66. The van der Waals surface area contributed by atoms with Crippen LogP contribution in [-0.2, 0) is 12.7 Å². The topological polar surface area (TPSA) is 23.6 Å². The Morgan fingerprint density at radius 2 is 1.57 bits per heavy atom. The van der Waals surface area contributed by atoms with E-state index in [-0.39, 0.29) is 5.91 Å². The van der Waals surface area contributed by atoms with Gasteiger partial charge in [-0.15, -0.1) is 0 Å². The van der Waals surface area contributed by atoms with E-state index in [4.69, 9.17) is 0 Å². The normalized spacial score (nSPS) is 15.4. The number of hydrogen-bond acceptors (Lipinski definition) is 2. The van der Waals surface area contributed by atoms with Crippen molar-refractivity contribution in [2.45, 2.75) is 32.0 Å². The molecule has 150 valence electrons. The molecule has 3 nitrogen and oxygen atoms in total. The van der Waals surface area contributed by atoms with Gasteiger partial charge >= 0.3 is 6.18 Å². The third-order valence-electron chi connectivity index (χ3n) is 5.10. The minimum atomic E-state index is -4.35. The van der Waals surface area contributed by atoms with Crippen molar-refractivity contribution < 1.29 is 18.0 Å². The van der Waals surface area contributed by atoms with Crippen LogP contribution in [0.15, 0.2) is 54.6 Å². The lowest BCUT2D eigenvalue weighted by molar-refractivity contribution is -0.137. The number of rotatable bonds is 6. The van der Waals surface area contributed by atoms with Crippen molar-refractivity contribution in [1.82, 2.24) is 9.80 Å². The smallest absolute Gasteiger partial charge is 0.333 e. The van der Waals surface area contributed by atoms with E-state index >= 15 is 0 Å². The molecular formula is C22H25F3N2O. The highest BCUT2D eigenvalue weighted by Gasteiger charge is 2.30. The Hall–Kier alpha value is -2.34. The van der Waals surface area contributed by atoms with Crippen LogP contribution in [0.1, 0.15) is 40.7 Å². The molecule has 6 heteroatoms. The van der Waals surface area contributed by atoms with Gasteiger partial charge in [-0.2, -0.15) is 13.2 Å². The van der Waals surface area contributed by atoms with Gasteiger partial charge in [-0.1, -0.05) is 36.8 Å². The Morgan fingerprint density at radius 3 is 2.18 bits per heavy atom. The van der Waals surface area contributed by atoms with E-state index in [2.05, 4.69) is 4.90 Å². The number of carbonyl (C=O) groups is 1. The molecule has 2 aromatic carbocycles. The van der Waals surface area contributed by atoms with E-state index in [1.807, 2.05) is 18.2 Å². The van der Waals surface area contributed by atoms with E-state index in [9.17, 15) is 18.0 Å². The van der Waals surface area contributed by atoms with Gasteiger partial charge in [0.1, 0.15) is 0 Å². The first-order valence-electron chi connectivity index (χ1n) is 9.66. The van der Waals surface area contributed by atoms with Crippen molar-refractivity contribution in [1.29, 1.82) is 0 Å². The Bertz CT molecular complexity index is 754. The lowest BCUT2D eigenvalue weighted by Gasteiger charge is -2.30. The third kappa shape index (κ3) is 5.58. The van der Waals surface area contributed by atoms with Crippen LogP contribution in [0.3, 0.4) is 0 Å². The molecule has 0 bridgehead atoms. The fourth-order valence-electron chi connectivity index (χ4n) is 3.48. The summed E-state index contributed by atoms with van der Waals surface area (Å²) in [5.74, 6) is -0.0995. The van der Waals surface area contributed by atoms with Gasteiger partial charge < -0.3 is 9.80 Å². The summed E-state index contributed by atoms with van der Waals surface area (Å²) in [5, 5.41) is 0. The number of amides is 1. The second-order valence-corrected chi connectivity index (χ2v) is 7.19. The van der Waals surface area contributed by atoms with Gasteiger partial charge in [0.05, 0.1) is 5.56 Å². The predicted octanol–water partition coefficient (Wildman–Crippen LogP) is 4.83. The van der Waals surface area contributed by atoms with Gasteiger partial charge in [-0.3, -0.25) is 4.79 Å². The molecule has 0 aliphatic carbocycles. The molecule has 1 fully saturated rings. The summed E-state index contributed by atoms with van der Waals surface area (Å²) in [6, 6.07) is 14.1. The van der Waals surface area contributed by atoms with E-state index in [0.717, 1.165) is 31.8 Å². The first-order chi connectivity index (χ1) is 13.4. The Balaban J connectivity index is 1.72. The molecule has 0 saturated carbocycles. The molecule has 0 unspecified atom stereocenters. The van der Waals surface area contributed by atoms with Crippen LogP contribution in [0.25, 0.3) is 0 Å². The maximum atomic E-state index is 13.0. The SMILES string of the molecule is O=C(c1ccccc1)N(CCN1CCCCC1)Cc1ccc(C(F)(F)F)cc1. The molecule has 1 aliphatic heterocycles. The van der Waals surface area contributed by atoms with Gasteiger partial charge in [-0.25, -0.2) is 0 Å². The monoisotopic (exact) mass is 390 g/mol. The van der Waals surface area contributed by atoms with Gasteiger partial charge in [0.25, 0.3) is 5.91 Å². The minimum absolute atomic E-state index is 0.0995. The van der Waals surface area contributed by atoms with Crippen molar-refractivity contribution in [2.75, 3.05) is 26.2 Å². The maximum Gasteiger partial charge on any atom is 0.416 e. The molecule has 0 spiro atoms. The van der Waals surface area contributed by atoms with E-state index in [0.29, 0.717) is 24.2 Å². The minimum Gasteiger partial charge on any atom is -0.333 e. The molecule has 3 rings (SSSR count). The molecule has 0 radical (unpaired) electrons. The average Bonchev–Trinajstić information content (AvgIpc) is 2.71. The van der Waals surface area contributed by atoms with Crippen LogP contribution in [0.5, 0.6) is 0 Å². The molecule has 0 aromatic heterocycles. The zero-order chi connectivity index (χ0) is 20.0. The average molecular weight is 390 g/mol. The fourth-order valence-corrected chi connectivity index (χ4v) is 3.48. The van der Waals surface area contributed by atoms with Crippen molar-refractivity contribution in [3.63, 3.8) is 0 Å². The number of likely N-dealkylation sites (tertiary alicyclic amines) is 1. The number of halogens is 3. The molecule has 1 aliphatic rings. The van der Waals surface area contributed by atoms with Gasteiger partial charge in [0, 0.05) is 25.2 Å². The quantitative estimate of drug-likeness (QED) is 0.705. The van der Waals surface area contributed by atoms with Crippen molar-refractivity contribution in [3.05, 3.63) is 71.3 Å². The zero-order valence-electron chi connectivity index (χ0n) is 15.8. The summed E-state index contributed by atoms with van der Waals surface area (Å²) in [7, 11) is 0. The molecule has 28 heavy (non-hydrogen) atoms. The zero-order valence-corrected chi connectivity index (χ0v) is 15.8. The van der Waals surface area contributed by atoms with Gasteiger partial charge in [0.15, 0.2) is 0 Å². The largest absolute Gasteiger partial charge is 0.416 e. The summed E-state index contributed by atoms with van der Waals surface area (Å²) >= 11 is 0. The van der Waals surface area contributed by atoms with Gasteiger partial charge in [0.2, 0.25) is 0 Å². The highest BCUT2D eigenvalue weighted by molar-refractivity contribution is 5.94. The van der Waals surface area contributed by atoms with Crippen LogP contribution >= 0.6 is 0 Å². The molecule has 2 aromatic rings. The Morgan fingerprint density at radius 1 is 0.929 bits per heavy atom. The van der Waals surface area contributed by atoms with Gasteiger partial charge in [-0.05, 0) is 55.8 Å². The first kappa shape index (κ1) is 20.4. The second kappa shape index (κ2) is 9.24. The summed E-state index contributed by atoms with van der Waals surface area (Å²) in [6.45, 7) is 3.69. The predicted molar refractivity (Wildman–Crippen MR) is 103 cm³/mol. The fraction of sp³-hybridized carbons (Fsp3) is 0.409. The van der Waals surface area contributed by atoms with Crippen LogP contribution in [0.4, 0.5) is 13.2 Å². The van der Waals surface area contributed by atoms with E-state index in [1.165, 1.54) is 31.4 Å². The van der Waals surface area contributed by atoms with Crippen LogP contribution in [0.2, 0.25) is 0 Å². The molecule has 1 saturated heterocycles. The van der Waals surface area contributed by atoms with Crippen LogP contribution < -0.4 is 0 Å². The van der Waals surface area contributed by atoms with E-state index < -0.39 is 11.7 Å². The lowest BCUT2D eigenvalue weighted by Crippen LogP contribution is -2.40. The molecule has 1 amide bonds. The van der Waals surface area contributed by atoms with Crippen molar-refractivity contribution in [2.24, 2.45) is 0 Å². The Labute approximate surface area is 163 Å². The molecular weight excluding hydrogens is 365 g/mol. The lowest BCUT2D eigenvalue weighted by atomic mass is 10.1. The van der Waals surface area contributed by atoms with E-state index in [1.54, 1.807) is 17.0 Å². The highest BCUT2D eigenvalue weighted by atomic mass is 19.4. The van der Waals surface area contributed by atoms with Crippen molar-refractivity contribution >= 4 is 5.91 Å². The number of piperidine rings is 1. The maximum absolute atomic E-state index is 13.0. The third-order valence-corrected chi connectivity index (χ3v) is 5.10.